The molecule has 0 aromatic rings. The summed E-state index contributed by atoms with van der Waals surface area (Å²) in [5.41, 5.74) is -1.55. The van der Waals surface area contributed by atoms with Crippen LogP contribution < -0.4 is 16.0 Å². The Morgan fingerprint density at radius 1 is 1.07 bits per heavy atom. The molecule has 1 unspecified atom stereocenters. The zero-order valence-corrected chi connectivity index (χ0v) is 24.7. The van der Waals surface area contributed by atoms with Crippen LogP contribution in [0.3, 0.4) is 0 Å². The summed E-state index contributed by atoms with van der Waals surface area (Å²) < 4.78 is 0. The minimum atomic E-state index is -1.24. The first-order valence-corrected chi connectivity index (χ1v) is 15.1. The van der Waals surface area contributed by atoms with Crippen LogP contribution in [-0.4, -0.2) is 88.4 Å². The third-order valence-electron chi connectivity index (χ3n) is 8.69. The van der Waals surface area contributed by atoms with Gasteiger partial charge in [-0.2, -0.15) is 0 Å². The van der Waals surface area contributed by atoms with Gasteiger partial charge in [0.25, 0.3) is 0 Å². The van der Waals surface area contributed by atoms with E-state index in [1.165, 1.54) is 11.3 Å². The third-order valence-corrected chi connectivity index (χ3v) is 8.69. The maximum absolute atomic E-state index is 13.2. The molecule has 0 spiro atoms. The lowest BCUT2D eigenvalue weighted by Gasteiger charge is -2.34. The number of carbonyl (C=O) groups excluding carboxylic acids is 4. The van der Waals surface area contributed by atoms with Gasteiger partial charge in [-0.3, -0.25) is 14.4 Å². The molecule has 0 bridgehead atoms. The van der Waals surface area contributed by atoms with Crippen LogP contribution in [0, 0.1) is 11.3 Å². The number of aliphatic carboxylic acids is 1. The Hall–Kier alpha value is -2.85. The number of nitrogens with one attached hydrogen (secondary N) is 3. The molecule has 2 aliphatic heterocycles. The van der Waals surface area contributed by atoms with Gasteiger partial charge in [-0.15, -0.1) is 0 Å². The van der Waals surface area contributed by atoms with Gasteiger partial charge < -0.3 is 30.9 Å². The molecular formula is C29H49N5O6. The Kier molecular flexibility index (Phi) is 10.8. The third kappa shape index (κ3) is 8.10. The second kappa shape index (κ2) is 13.7. The summed E-state index contributed by atoms with van der Waals surface area (Å²) in [4.78, 5) is 66.2. The Morgan fingerprint density at radius 3 is 2.42 bits per heavy atom. The van der Waals surface area contributed by atoms with E-state index in [0.717, 1.165) is 38.5 Å². The van der Waals surface area contributed by atoms with E-state index in [2.05, 4.69) is 22.9 Å². The van der Waals surface area contributed by atoms with E-state index < -0.39 is 29.5 Å². The topological polar surface area (TPSA) is 148 Å². The highest BCUT2D eigenvalue weighted by atomic mass is 16.4. The molecule has 1 saturated carbocycles. The van der Waals surface area contributed by atoms with Gasteiger partial charge in [0.2, 0.25) is 17.7 Å². The number of amides is 5. The number of hydrogen-bond acceptors (Lipinski definition) is 5. The SMILES string of the molecule is CCCCCCCC1C[C@]1(NC(=O)[C@@H]1CCCN1C(=O)CNC(=O)N[C@H](CN1CCCC1=O)C(C)(C)C)C(=O)O. The summed E-state index contributed by atoms with van der Waals surface area (Å²) in [6.07, 6.45) is 9.07. The second-order valence-electron chi connectivity index (χ2n) is 12.8. The Morgan fingerprint density at radius 2 is 1.80 bits per heavy atom. The maximum atomic E-state index is 13.2. The molecule has 3 fully saturated rings. The van der Waals surface area contributed by atoms with Crippen molar-refractivity contribution in [2.45, 2.75) is 116 Å². The standard InChI is InChI=1S/C29H49N5O6/c1-5-6-7-8-9-12-20-17-29(20,26(38)39)32-25(37)21-13-10-16-34(21)24(36)18-30-27(40)31-22(28(2,3)4)19-33-15-11-14-23(33)35/h20-22H,5-19H2,1-4H3,(H,32,37)(H,38,39)(H2,30,31,40)/t20?,21-,22+,29+/m0/s1. The molecule has 5 amide bonds. The molecule has 4 atom stereocenters. The molecule has 2 saturated heterocycles. The molecule has 3 rings (SSSR count). The Balaban J connectivity index is 1.49. The number of unbranched alkanes of at least 4 members (excludes halogenated alkanes) is 4. The van der Waals surface area contributed by atoms with Gasteiger partial charge in [0.1, 0.15) is 11.6 Å². The van der Waals surface area contributed by atoms with Gasteiger partial charge in [0.05, 0.1) is 12.6 Å². The Bertz CT molecular complexity index is 950. The van der Waals surface area contributed by atoms with Gasteiger partial charge >= 0.3 is 12.0 Å². The zero-order chi connectivity index (χ0) is 29.5. The maximum Gasteiger partial charge on any atom is 0.329 e. The van der Waals surface area contributed by atoms with Crippen molar-refractivity contribution in [1.29, 1.82) is 0 Å². The molecule has 3 aliphatic rings. The minimum Gasteiger partial charge on any atom is -0.479 e. The van der Waals surface area contributed by atoms with E-state index in [0.29, 0.717) is 45.3 Å². The van der Waals surface area contributed by atoms with E-state index in [9.17, 15) is 29.1 Å². The van der Waals surface area contributed by atoms with Crippen LogP contribution in [0.1, 0.15) is 98.3 Å². The molecule has 1 aliphatic carbocycles. The highest BCUT2D eigenvalue weighted by molar-refractivity contribution is 5.95. The van der Waals surface area contributed by atoms with Crippen LogP contribution in [0.15, 0.2) is 0 Å². The average molecular weight is 564 g/mol. The van der Waals surface area contributed by atoms with Gasteiger partial charge in [-0.1, -0.05) is 59.8 Å². The van der Waals surface area contributed by atoms with Gasteiger partial charge in [-0.25, -0.2) is 9.59 Å². The van der Waals surface area contributed by atoms with E-state index >= 15 is 0 Å². The average Bonchev–Trinajstić information content (AvgIpc) is 3.18. The van der Waals surface area contributed by atoms with E-state index in [1.54, 1.807) is 4.90 Å². The van der Waals surface area contributed by atoms with Crippen molar-refractivity contribution in [3.8, 4) is 0 Å². The second-order valence-corrected chi connectivity index (χ2v) is 12.8. The van der Waals surface area contributed by atoms with E-state index in [-0.39, 0.29) is 35.7 Å². The smallest absolute Gasteiger partial charge is 0.329 e. The molecule has 11 nitrogen and oxygen atoms in total. The van der Waals surface area contributed by atoms with Gasteiger partial charge in [-0.05, 0) is 43.4 Å². The van der Waals surface area contributed by atoms with E-state index in [4.69, 9.17) is 0 Å². The van der Waals surface area contributed by atoms with E-state index in [1.807, 2.05) is 20.8 Å². The number of urea groups is 1. The first-order chi connectivity index (χ1) is 18.9. The largest absolute Gasteiger partial charge is 0.479 e. The minimum absolute atomic E-state index is 0.0826. The highest BCUT2D eigenvalue weighted by Crippen LogP contribution is 2.47. The summed E-state index contributed by atoms with van der Waals surface area (Å²) >= 11 is 0. The molecular weight excluding hydrogens is 514 g/mol. The van der Waals surface area contributed by atoms with Crippen LogP contribution >= 0.6 is 0 Å². The van der Waals surface area contributed by atoms with Gasteiger partial charge in [0, 0.05) is 26.1 Å². The first kappa shape index (κ1) is 31.7. The number of carbonyl (C=O) groups is 5. The molecule has 2 heterocycles. The van der Waals surface area contributed by atoms with Crippen LogP contribution in [0.2, 0.25) is 0 Å². The van der Waals surface area contributed by atoms with Crippen LogP contribution in [0.25, 0.3) is 0 Å². The Labute approximate surface area is 238 Å². The van der Waals surface area contributed by atoms with Crippen molar-refractivity contribution >= 4 is 29.7 Å². The van der Waals surface area contributed by atoms with Crippen molar-refractivity contribution in [3.63, 3.8) is 0 Å². The van der Waals surface area contributed by atoms with Gasteiger partial charge in [0.15, 0.2) is 0 Å². The summed E-state index contributed by atoms with van der Waals surface area (Å²) in [6.45, 7) is 9.28. The van der Waals surface area contributed by atoms with Crippen molar-refractivity contribution in [3.05, 3.63) is 0 Å². The number of likely N-dealkylation sites (tertiary alicyclic amines) is 2. The van der Waals surface area contributed by atoms with Crippen LogP contribution in [0.5, 0.6) is 0 Å². The number of nitrogens with zero attached hydrogens (tertiary/aromatic N) is 2. The van der Waals surface area contributed by atoms with Crippen molar-refractivity contribution in [2.75, 3.05) is 26.2 Å². The molecule has 226 valence electrons. The zero-order valence-electron chi connectivity index (χ0n) is 24.7. The number of carboxylic acids is 1. The summed E-state index contributed by atoms with van der Waals surface area (Å²) in [7, 11) is 0. The predicted molar refractivity (Wildman–Crippen MR) is 150 cm³/mol. The highest BCUT2D eigenvalue weighted by Gasteiger charge is 2.61. The van der Waals surface area contributed by atoms with Crippen molar-refractivity contribution < 1.29 is 29.1 Å². The normalized spacial score (nSPS) is 25.1. The predicted octanol–water partition coefficient (Wildman–Crippen LogP) is 2.63. The monoisotopic (exact) mass is 563 g/mol. The summed E-state index contributed by atoms with van der Waals surface area (Å²) in [5, 5.41) is 18.2. The number of hydrogen-bond donors (Lipinski definition) is 4. The molecule has 0 radical (unpaired) electrons. The fourth-order valence-electron chi connectivity index (χ4n) is 5.90. The summed E-state index contributed by atoms with van der Waals surface area (Å²) in [5.74, 6) is -1.84. The molecule has 0 aromatic heterocycles. The van der Waals surface area contributed by atoms with Crippen LogP contribution in [-0.2, 0) is 19.2 Å². The van der Waals surface area contributed by atoms with Crippen molar-refractivity contribution in [2.24, 2.45) is 11.3 Å². The van der Waals surface area contributed by atoms with Crippen molar-refractivity contribution in [1.82, 2.24) is 25.8 Å². The molecule has 40 heavy (non-hydrogen) atoms. The molecule has 11 heteroatoms. The fourth-order valence-corrected chi connectivity index (χ4v) is 5.90. The summed E-state index contributed by atoms with van der Waals surface area (Å²) in [6, 6.07) is -1.56. The lowest BCUT2D eigenvalue weighted by atomic mass is 9.86. The molecule has 4 N–H and O–H groups in total. The first-order valence-electron chi connectivity index (χ1n) is 15.1. The lowest BCUT2D eigenvalue weighted by Crippen LogP contribution is -2.56. The quantitative estimate of drug-likeness (QED) is 0.239. The number of rotatable bonds is 14. The fraction of sp³-hybridized carbons (Fsp3) is 0.828. The lowest BCUT2D eigenvalue weighted by molar-refractivity contribution is -0.145. The van der Waals surface area contributed by atoms with Crippen LogP contribution in [0.4, 0.5) is 4.79 Å². The molecule has 0 aromatic carbocycles. The number of carboxylic acid groups (broad SMARTS) is 1.